The summed E-state index contributed by atoms with van der Waals surface area (Å²) in [6, 6.07) is 0. The first-order valence-corrected chi connectivity index (χ1v) is 13.5. The van der Waals surface area contributed by atoms with Crippen molar-refractivity contribution in [3.8, 4) is 0 Å². The minimum Gasteiger partial charge on any atom is -0.481 e. The summed E-state index contributed by atoms with van der Waals surface area (Å²) in [5.74, 6) is -1.94. The third-order valence-corrected chi connectivity index (χ3v) is 11.2. The molecule has 0 aromatic heterocycles. The number of fused-ring (bicyclic) bond motifs is 3. The number of carboxylic acid groups (broad SMARTS) is 1. The van der Waals surface area contributed by atoms with E-state index >= 15 is 0 Å². The van der Waals surface area contributed by atoms with Gasteiger partial charge in [-0.1, -0.05) is 13.3 Å². The molecule has 0 aromatic carbocycles. The lowest BCUT2D eigenvalue weighted by atomic mass is 9.39. The molecule has 37 heavy (non-hydrogen) atoms. The molecule has 5 aliphatic rings. The molecule has 2 bridgehead atoms. The topological polar surface area (TPSA) is 197 Å². The summed E-state index contributed by atoms with van der Waals surface area (Å²) >= 11 is 0. The standard InChI is InChI=1S/C26H42O11/c1-23-6-3-7-24(2,22(33)34)19(23)18(31)20(32)25-8-12(4-5-14(23)25)26(35,10-25)11-36-21-17(30)16(29)15(28)13(9-27)37-21/h12-21,27-32,35H,3-11H2,1-2H3,(H,33,34)/t12-,13+,14-,15+,16-,17+,18-,19-,20-,21+,23-,24+,25+,26+/m0/s1. The summed E-state index contributed by atoms with van der Waals surface area (Å²) < 4.78 is 11.2. The minimum absolute atomic E-state index is 0.0973. The zero-order valence-corrected chi connectivity index (χ0v) is 21.4. The molecule has 5 rings (SSSR count). The van der Waals surface area contributed by atoms with Gasteiger partial charge in [0.25, 0.3) is 0 Å². The number of carbonyl (C=O) groups is 1. The Kier molecular flexibility index (Phi) is 6.78. The Labute approximate surface area is 216 Å². The third-order valence-electron chi connectivity index (χ3n) is 11.2. The number of aliphatic hydroxyl groups excluding tert-OH is 6. The monoisotopic (exact) mass is 530 g/mol. The van der Waals surface area contributed by atoms with Crippen LogP contribution in [0.4, 0.5) is 0 Å². The second kappa shape index (κ2) is 9.07. The van der Waals surface area contributed by atoms with Crippen LogP contribution < -0.4 is 0 Å². The number of hydrogen-bond acceptors (Lipinski definition) is 10. The first-order valence-electron chi connectivity index (χ1n) is 13.5. The lowest BCUT2D eigenvalue weighted by Gasteiger charge is -2.66. The Bertz CT molecular complexity index is 900. The summed E-state index contributed by atoms with van der Waals surface area (Å²) in [6.45, 7) is 2.85. The van der Waals surface area contributed by atoms with Crippen LogP contribution in [0.2, 0.25) is 0 Å². The van der Waals surface area contributed by atoms with E-state index in [0.717, 1.165) is 6.42 Å². The molecule has 8 N–H and O–H groups in total. The van der Waals surface area contributed by atoms with Gasteiger partial charge in [0.2, 0.25) is 0 Å². The fourth-order valence-corrected chi connectivity index (χ4v) is 9.54. The van der Waals surface area contributed by atoms with Crippen LogP contribution >= 0.6 is 0 Å². The highest BCUT2D eigenvalue weighted by atomic mass is 16.7. The van der Waals surface area contributed by atoms with Crippen molar-refractivity contribution in [1.29, 1.82) is 0 Å². The number of aliphatic hydroxyl groups is 7. The second-order valence-corrected chi connectivity index (χ2v) is 13.0. The Hall–Kier alpha value is -0.890. The van der Waals surface area contributed by atoms with E-state index in [1.165, 1.54) is 0 Å². The normalized spacial score (nSPS) is 57.4. The summed E-state index contributed by atoms with van der Waals surface area (Å²) in [7, 11) is 0. The van der Waals surface area contributed by atoms with Crippen molar-refractivity contribution in [3.05, 3.63) is 0 Å². The summed E-state index contributed by atoms with van der Waals surface area (Å²) in [5.41, 5.74) is -3.93. The van der Waals surface area contributed by atoms with Crippen molar-refractivity contribution in [2.24, 2.45) is 34.0 Å². The van der Waals surface area contributed by atoms with Gasteiger partial charge in [-0.25, -0.2) is 0 Å². The molecule has 14 atom stereocenters. The lowest BCUT2D eigenvalue weighted by Crippen LogP contribution is -2.69. The number of rotatable bonds is 5. The maximum Gasteiger partial charge on any atom is 0.309 e. The molecular weight excluding hydrogens is 488 g/mol. The first kappa shape index (κ1) is 27.7. The predicted molar refractivity (Wildman–Crippen MR) is 126 cm³/mol. The highest BCUT2D eigenvalue weighted by Gasteiger charge is 2.74. The van der Waals surface area contributed by atoms with Crippen LogP contribution in [0.3, 0.4) is 0 Å². The van der Waals surface area contributed by atoms with Gasteiger partial charge in [0.15, 0.2) is 6.29 Å². The minimum atomic E-state index is -1.60. The zero-order valence-electron chi connectivity index (χ0n) is 21.4. The molecule has 0 radical (unpaired) electrons. The SMILES string of the molecule is C[C@@]12CCC[C@@](C)(C(=O)O)[C@H]1[C@H](O)[C@H](O)[C@@]13C[C@H](CC[C@@H]21)[C@](O)(CO[C@@H]1O[C@H](CO)[C@@H](O)[C@H](O)[C@H]1O)C3. The van der Waals surface area contributed by atoms with Crippen molar-refractivity contribution in [3.63, 3.8) is 0 Å². The van der Waals surface area contributed by atoms with E-state index in [4.69, 9.17) is 9.47 Å². The lowest BCUT2D eigenvalue weighted by molar-refractivity contribution is -0.310. The van der Waals surface area contributed by atoms with E-state index < -0.39 is 83.3 Å². The second-order valence-electron chi connectivity index (χ2n) is 13.0. The quantitative estimate of drug-likeness (QED) is 0.216. The van der Waals surface area contributed by atoms with Crippen LogP contribution in [0.5, 0.6) is 0 Å². The summed E-state index contributed by atoms with van der Waals surface area (Å²) in [6.07, 6.45) is -5.91. The fourth-order valence-electron chi connectivity index (χ4n) is 9.54. The molecule has 0 amide bonds. The molecule has 212 valence electrons. The largest absolute Gasteiger partial charge is 0.481 e. The summed E-state index contributed by atoms with van der Waals surface area (Å²) in [4.78, 5) is 12.4. The molecule has 1 spiro atoms. The maximum absolute atomic E-state index is 12.4. The van der Waals surface area contributed by atoms with Crippen molar-refractivity contribution < 1.29 is 55.1 Å². The Morgan fingerprint density at radius 1 is 1.00 bits per heavy atom. The van der Waals surface area contributed by atoms with E-state index in [-0.39, 0.29) is 24.9 Å². The van der Waals surface area contributed by atoms with Crippen LogP contribution in [0.25, 0.3) is 0 Å². The average Bonchev–Trinajstić information content (AvgIpc) is 3.07. The maximum atomic E-state index is 12.4. The van der Waals surface area contributed by atoms with Crippen molar-refractivity contribution >= 4 is 5.97 Å². The van der Waals surface area contributed by atoms with Gasteiger partial charge in [0.1, 0.15) is 24.4 Å². The molecule has 0 unspecified atom stereocenters. The molecule has 1 heterocycles. The third kappa shape index (κ3) is 3.76. The van der Waals surface area contributed by atoms with E-state index in [2.05, 4.69) is 0 Å². The van der Waals surface area contributed by atoms with Gasteiger partial charge in [0, 0.05) is 11.3 Å². The van der Waals surface area contributed by atoms with Gasteiger partial charge < -0.3 is 50.3 Å². The van der Waals surface area contributed by atoms with Crippen molar-refractivity contribution in [2.45, 2.75) is 107 Å². The van der Waals surface area contributed by atoms with E-state index in [1.54, 1.807) is 6.92 Å². The molecule has 1 aliphatic heterocycles. The van der Waals surface area contributed by atoms with E-state index in [1.807, 2.05) is 6.92 Å². The van der Waals surface area contributed by atoms with Crippen LogP contribution in [-0.2, 0) is 14.3 Å². The average molecular weight is 531 g/mol. The number of ether oxygens (including phenoxy) is 2. The van der Waals surface area contributed by atoms with Crippen LogP contribution in [0.1, 0.15) is 58.8 Å². The smallest absolute Gasteiger partial charge is 0.309 e. The zero-order chi connectivity index (χ0) is 27.1. The molecule has 4 aliphatic carbocycles. The van der Waals surface area contributed by atoms with Crippen LogP contribution in [-0.4, -0.2) is 109 Å². The first-order chi connectivity index (χ1) is 17.2. The van der Waals surface area contributed by atoms with Crippen molar-refractivity contribution in [2.75, 3.05) is 13.2 Å². The molecule has 0 aromatic rings. The number of aliphatic carboxylic acids is 1. The Balaban J connectivity index is 1.40. The van der Waals surface area contributed by atoms with Gasteiger partial charge in [-0.3, -0.25) is 4.79 Å². The fraction of sp³-hybridized carbons (Fsp3) is 0.962. The van der Waals surface area contributed by atoms with E-state index in [9.17, 15) is 45.6 Å². The molecule has 11 nitrogen and oxygen atoms in total. The van der Waals surface area contributed by atoms with Gasteiger partial charge in [-0.05, 0) is 62.7 Å². The predicted octanol–water partition coefficient (Wildman–Crippen LogP) is -1.03. The number of carboxylic acids is 1. The van der Waals surface area contributed by atoms with Gasteiger partial charge in [0.05, 0.1) is 36.4 Å². The van der Waals surface area contributed by atoms with Gasteiger partial charge in [-0.15, -0.1) is 0 Å². The van der Waals surface area contributed by atoms with Crippen LogP contribution in [0.15, 0.2) is 0 Å². The molecule has 4 saturated carbocycles. The highest BCUT2D eigenvalue weighted by molar-refractivity contribution is 5.75. The molecule has 11 heteroatoms. The molecular formula is C26H42O11. The number of hydrogen-bond donors (Lipinski definition) is 8. The van der Waals surface area contributed by atoms with Gasteiger partial charge >= 0.3 is 5.97 Å². The van der Waals surface area contributed by atoms with Crippen LogP contribution in [0, 0.1) is 34.0 Å². The Morgan fingerprint density at radius 2 is 1.70 bits per heavy atom. The highest BCUT2D eigenvalue weighted by Crippen LogP contribution is 2.72. The molecule has 5 fully saturated rings. The summed E-state index contributed by atoms with van der Waals surface area (Å²) in [5, 5.41) is 84.9. The van der Waals surface area contributed by atoms with Crippen molar-refractivity contribution in [1.82, 2.24) is 0 Å². The Morgan fingerprint density at radius 3 is 2.35 bits per heavy atom. The van der Waals surface area contributed by atoms with Gasteiger partial charge in [-0.2, -0.15) is 0 Å². The van der Waals surface area contributed by atoms with E-state index in [0.29, 0.717) is 32.1 Å². The molecule has 1 saturated heterocycles.